The number of hydrogen-bond donors (Lipinski definition) is 6. The minimum atomic E-state index is -1.58. The fourth-order valence-corrected chi connectivity index (χ4v) is 4.48. The fraction of sp³-hybridized carbons (Fsp3) is 0.960. The van der Waals surface area contributed by atoms with E-state index in [1.807, 2.05) is 6.92 Å². The van der Waals surface area contributed by atoms with Crippen LogP contribution >= 0.6 is 0 Å². The standard InChI is InChI=1S/C25H46O11/c1-15(33-24-18(28)13-17(27)16(2)34-24)11-9-7-5-3-4-6-8-10-12-20(29)36-25-23(32)22(31)21(30)19(14-26)35-25/h15-19,21-28,30-32H,3-14H2,1-2H3/t15-,16+,17-,18-,19-,21-,22+,23-,24-,25+/m1/s1. The highest BCUT2D eigenvalue weighted by atomic mass is 16.7. The third-order valence-corrected chi connectivity index (χ3v) is 6.89. The van der Waals surface area contributed by atoms with Crippen LogP contribution in [-0.2, 0) is 23.7 Å². The minimum absolute atomic E-state index is 0.0326. The zero-order valence-electron chi connectivity index (χ0n) is 21.5. The molecule has 0 aromatic carbocycles. The molecule has 6 N–H and O–H groups in total. The van der Waals surface area contributed by atoms with Crippen molar-refractivity contribution in [2.45, 2.75) is 146 Å². The Balaban J connectivity index is 1.45. The Bertz CT molecular complexity index is 619. The Kier molecular flexibility index (Phi) is 14.1. The van der Waals surface area contributed by atoms with Gasteiger partial charge in [0.1, 0.15) is 30.5 Å². The van der Waals surface area contributed by atoms with Crippen molar-refractivity contribution in [3.8, 4) is 0 Å². The van der Waals surface area contributed by atoms with Crippen LogP contribution in [-0.4, -0.2) is 105 Å². The molecule has 2 saturated heterocycles. The van der Waals surface area contributed by atoms with Gasteiger partial charge in [0.15, 0.2) is 6.29 Å². The molecule has 0 unspecified atom stereocenters. The van der Waals surface area contributed by atoms with Crippen LogP contribution in [0.4, 0.5) is 0 Å². The lowest BCUT2D eigenvalue weighted by atomic mass is 9.99. The highest BCUT2D eigenvalue weighted by molar-refractivity contribution is 5.69. The first-order valence-corrected chi connectivity index (χ1v) is 13.3. The van der Waals surface area contributed by atoms with Gasteiger partial charge in [0, 0.05) is 12.8 Å². The molecule has 2 rings (SSSR count). The molecule has 0 amide bonds. The molecule has 0 aliphatic carbocycles. The molecule has 0 aromatic rings. The van der Waals surface area contributed by atoms with Gasteiger partial charge in [-0.05, 0) is 26.7 Å². The lowest BCUT2D eigenvalue weighted by Gasteiger charge is -2.39. The lowest BCUT2D eigenvalue weighted by Crippen LogP contribution is -2.59. The zero-order chi connectivity index (χ0) is 26.7. The van der Waals surface area contributed by atoms with Crippen molar-refractivity contribution in [3.63, 3.8) is 0 Å². The number of esters is 1. The van der Waals surface area contributed by atoms with Gasteiger partial charge in [0.05, 0.1) is 24.9 Å². The summed E-state index contributed by atoms with van der Waals surface area (Å²) in [7, 11) is 0. The number of aliphatic hydroxyl groups is 6. The average Bonchev–Trinajstić information content (AvgIpc) is 2.84. The molecule has 2 aliphatic rings. The van der Waals surface area contributed by atoms with Crippen LogP contribution in [0.2, 0.25) is 0 Å². The Hall–Kier alpha value is -0.890. The van der Waals surface area contributed by atoms with Gasteiger partial charge in [0.25, 0.3) is 0 Å². The van der Waals surface area contributed by atoms with Crippen LogP contribution in [0.5, 0.6) is 0 Å². The van der Waals surface area contributed by atoms with Gasteiger partial charge in [0.2, 0.25) is 6.29 Å². The molecule has 36 heavy (non-hydrogen) atoms. The van der Waals surface area contributed by atoms with E-state index < -0.39 is 61.8 Å². The number of hydrogen-bond acceptors (Lipinski definition) is 11. The molecule has 0 aromatic heterocycles. The van der Waals surface area contributed by atoms with E-state index in [-0.39, 0.29) is 25.0 Å². The minimum Gasteiger partial charge on any atom is -0.433 e. The maximum atomic E-state index is 12.0. The number of rotatable bonds is 15. The van der Waals surface area contributed by atoms with Crippen LogP contribution in [0, 0.1) is 0 Å². The Morgan fingerprint density at radius 2 is 1.44 bits per heavy atom. The molecule has 2 aliphatic heterocycles. The molecule has 0 saturated carbocycles. The molecule has 212 valence electrons. The van der Waals surface area contributed by atoms with Gasteiger partial charge in [-0.2, -0.15) is 0 Å². The molecule has 11 heteroatoms. The summed E-state index contributed by atoms with van der Waals surface area (Å²) in [6.07, 6.45) is -0.526. The first-order valence-electron chi connectivity index (χ1n) is 13.3. The van der Waals surface area contributed by atoms with Crippen LogP contribution < -0.4 is 0 Å². The molecular weight excluding hydrogens is 476 g/mol. The fourth-order valence-electron chi connectivity index (χ4n) is 4.48. The second-order valence-corrected chi connectivity index (χ2v) is 10.1. The number of unbranched alkanes of at least 4 members (excludes halogenated alkanes) is 7. The lowest BCUT2D eigenvalue weighted by molar-refractivity contribution is -0.292. The summed E-state index contributed by atoms with van der Waals surface area (Å²) in [4.78, 5) is 12.0. The predicted octanol–water partition coefficient (Wildman–Crippen LogP) is 0.492. The Labute approximate surface area is 213 Å². The number of carbonyl (C=O) groups is 1. The number of ether oxygens (including phenoxy) is 4. The van der Waals surface area contributed by atoms with Crippen molar-refractivity contribution < 1.29 is 54.4 Å². The van der Waals surface area contributed by atoms with Gasteiger partial charge < -0.3 is 49.6 Å². The van der Waals surface area contributed by atoms with Gasteiger partial charge in [-0.1, -0.05) is 44.9 Å². The van der Waals surface area contributed by atoms with Gasteiger partial charge in [-0.25, -0.2) is 0 Å². The molecule has 0 radical (unpaired) electrons. The first-order chi connectivity index (χ1) is 17.1. The van der Waals surface area contributed by atoms with E-state index in [0.29, 0.717) is 6.42 Å². The average molecular weight is 523 g/mol. The summed E-state index contributed by atoms with van der Waals surface area (Å²) in [6, 6.07) is 0. The summed E-state index contributed by atoms with van der Waals surface area (Å²) in [5.41, 5.74) is 0. The molecule has 0 bridgehead atoms. The molecule has 11 nitrogen and oxygen atoms in total. The summed E-state index contributed by atoms with van der Waals surface area (Å²) in [5, 5.41) is 58.3. The normalized spacial score (nSPS) is 35.9. The largest absolute Gasteiger partial charge is 0.433 e. The van der Waals surface area contributed by atoms with Gasteiger partial charge in [-0.15, -0.1) is 0 Å². The monoisotopic (exact) mass is 522 g/mol. The maximum Gasteiger partial charge on any atom is 0.308 e. The van der Waals surface area contributed by atoms with Crippen LogP contribution in [0.1, 0.15) is 84.5 Å². The second-order valence-electron chi connectivity index (χ2n) is 10.1. The Morgan fingerprint density at radius 1 is 0.833 bits per heavy atom. The van der Waals surface area contributed by atoms with Gasteiger partial charge >= 0.3 is 5.97 Å². The van der Waals surface area contributed by atoms with E-state index in [9.17, 15) is 35.4 Å². The Morgan fingerprint density at radius 3 is 2.08 bits per heavy atom. The molecule has 0 spiro atoms. The molecule has 10 atom stereocenters. The third-order valence-electron chi connectivity index (χ3n) is 6.89. The SMILES string of the molecule is C[C@H](CCCCCCCCCCC(=O)O[C@@H]1O[C@H](CO)[C@@H](O)[C@H](O)[C@H]1O)O[C@@H]1O[C@@H](C)[C@H](O)C[C@H]1O. The van der Waals surface area contributed by atoms with Crippen molar-refractivity contribution in [1.29, 1.82) is 0 Å². The van der Waals surface area contributed by atoms with E-state index in [1.54, 1.807) is 6.92 Å². The van der Waals surface area contributed by atoms with E-state index in [1.165, 1.54) is 0 Å². The van der Waals surface area contributed by atoms with Crippen molar-refractivity contribution in [2.75, 3.05) is 6.61 Å². The van der Waals surface area contributed by atoms with Crippen molar-refractivity contribution in [3.05, 3.63) is 0 Å². The van der Waals surface area contributed by atoms with Crippen LogP contribution in [0.25, 0.3) is 0 Å². The van der Waals surface area contributed by atoms with Crippen molar-refractivity contribution in [2.24, 2.45) is 0 Å². The predicted molar refractivity (Wildman–Crippen MR) is 128 cm³/mol. The van der Waals surface area contributed by atoms with Crippen LogP contribution in [0.15, 0.2) is 0 Å². The smallest absolute Gasteiger partial charge is 0.308 e. The highest BCUT2D eigenvalue weighted by Crippen LogP contribution is 2.24. The number of carbonyl (C=O) groups excluding carboxylic acids is 1. The van der Waals surface area contributed by atoms with E-state index in [4.69, 9.17) is 18.9 Å². The first kappa shape index (κ1) is 31.3. The number of aliphatic hydroxyl groups excluding tert-OH is 6. The van der Waals surface area contributed by atoms with E-state index in [0.717, 1.165) is 51.4 Å². The summed E-state index contributed by atoms with van der Waals surface area (Å²) in [6.45, 7) is 3.17. The highest BCUT2D eigenvalue weighted by Gasteiger charge is 2.45. The maximum absolute atomic E-state index is 12.0. The topological polar surface area (TPSA) is 175 Å². The molecule has 2 fully saturated rings. The summed E-state index contributed by atoms with van der Waals surface area (Å²) < 4.78 is 21.6. The van der Waals surface area contributed by atoms with Crippen molar-refractivity contribution >= 4 is 5.97 Å². The second kappa shape index (κ2) is 16.2. The third kappa shape index (κ3) is 10.1. The summed E-state index contributed by atoms with van der Waals surface area (Å²) >= 11 is 0. The van der Waals surface area contributed by atoms with Crippen molar-refractivity contribution in [1.82, 2.24) is 0 Å². The zero-order valence-corrected chi connectivity index (χ0v) is 21.5. The summed E-state index contributed by atoms with van der Waals surface area (Å²) in [5.74, 6) is -0.563. The van der Waals surface area contributed by atoms with E-state index >= 15 is 0 Å². The van der Waals surface area contributed by atoms with Crippen LogP contribution in [0.3, 0.4) is 0 Å². The van der Waals surface area contributed by atoms with E-state index in [2.05, 4.69) is 0 Å². The molecular formula is C25H46O11. The molecule has 2 heterocycles. The van der Waals surface area contributed by atoms with Gasteiger partial charge in [-0.3, -0.25) is 4.79 Å². The quantitative estimate of drug-likeness (QED) is 0.130.